The van der Waals surface area contributed by atoms with E-state index >= 15 is 0 Å². The molecule has 360 valence electrons. The fraction of sp³-hybridized carbons (Fsp3) is 0.0526. The number of alkyl halides is 1. The van der Waals surface area contributed by atoms with Crippen LogP contribution in [0.25, 0.3) is 175 Å². The van der Waals surface area contributed by atoms with E-state index in [1.54, 1.807) is 0 Å². The van der Waals surface area contributed by atoms with Crippen molar-refractivity contribution < 1.29 is 21.2 Å². The number of rotatable bonds is 7. The Balaban J connectivity index is 1.00. The molecule has 17 rings (SSSR count). The van der Waals surface area contributed by atoms with Crippen LogP contribution in [0.1, 0.15) is 18.9 Å². The van der Waals surface area contributed by atoms with Crippen LogP contribution in [0, 0.1) is 10.5 Å². The molecule has 2 aliphatic carbocycles. The molecule has 2 aliphatic rings. The summed E-state index contributed by atoms with van der Waals surface area (Å²) in [6.07, 6.45) is 1.24. The Morgan fingerprint density at radius 1 is 0.247 bits per heavy atom. The number of halogens is 1. The first-order chi connectivity index (χ1) is 38.1. The maximum atomic E-state index is 2.49. The minimum atomic E-state index is -0.00232. The topological polar surface area (TPSA) is 0 Å². The molecule has 0 nitrogen and oxygen atoms in total. The third-order valence-electron chi connectivity index (χ3n) is 17.4. The molecule has 77 heavy (non-hydrogen) atoms. The Hall–Kier alpha value is -8.63. The normalized spacial score (nSPS) is 12.5. The fourth-order valence-electron chi connectivity index (χ4n) is 14.4. The summed E-state index contributed by atoms with van der Waals surface area (Å²) in [5.74, 6) is 0. The first-order valence-corrected chi connectivity index (χ1v) is 29.9. The zero-order chi connectivity index (χ0) is 50.6. The molecule has 0 N–H and O–H groups in total. The van der Waals surface area contributed by atoms with Crippen LogP contribution in [-0.4, -0.2) is 4.43 Å². The van der Waals surface area contributed by atoms with E-state index in [1.165, 1.54) is 195 Å². The van der Waals surface area contributed by atoms with Crippen molar-refractivity contribution in [2.75, 3.05) is 4.43 Å². The third kappa shape index (κ3) is 5.93. The summed E-state index contributed by atoms with van der Waals surface area (Å²) >= 11 is -0.00232. The molecule has 0 amide bonds. The Morgan fingerprint density at radius 2 is 0.571 bits per heavy atom. The molecule has 1 heteroatoms. The van der Waals surface area contributed by atoms with Gasteiger partial charge in [0.1, 0.15) is 0 Å². The van der Waals surface area contributed by atoms with E-state index in [-0.39, 0.29) is 21.2 Å². The van der Waals surface area contributed by atoms with Crippen molar-refractivity contribution in [3.05, 3.63) is 240 Å². The van der Waals surface area contributed by atoms with Gasteiger partial charge in [-0.3, -0.25) is 0 Å². The number of hydrogen-bond acceptors (Lipinski definition) is 0. The van der Waals surface area contributed by atoms with Crippen molar-refractivity contribution >= 4 is 86.2 Å². The molecule has 15 aromatic rings. The van der Waals surface area contributed by atoms with E-state index in [1.807, 2.05) is 0 Å². The van der Waals surface area contributed by atoms with Gasteiger partial charge < -0.3 is 0 Å². The predicted molar refractivity (Wildman–Crippen MR) is 327 cm³/mol. The molecule has 0 unspecified atom stereocenters. The SMILES string of the molecule is CCC[I-]c1ccc(-c2c3c(c(-c4ccc(C)cc4)c4ccccc24)-c2ccc4c5ccc6c7c(ccc(c8ccc-3c2c48)c75)-c2c-6c(-c3ccccc3)c3c4ccccc4c4ccccc4c3c2-c2ccccc2)cc1. The van der Waals surface area contributed by atoms with Crippen LogP contribution in [-0.2, 0) is 0 Å². The molecule has 0 aromatic heterocycles. The van der Waals surface area contributed by atoms with Crippen molar-refractivity contribution in [1.82, 2.24) is 0 Å². The zero-order valence-corrected chi connectivity index (χ0v) is 44.9. The van der Waals surface area contributed by atoms with Gasteiger partial charge in [-0.05, 0) is 89.1 Å². The average Bonchev–Trinajstić information content (AvgIpc) is 3.89. The molecular weight excluding hydrogens is 1040 g/mol. The fourth-order valence-corrected chi connectivity index (χ4v) is 16.4. The third-order valence-corrected chi connectivity index (χ3v) is 20.6. The molecule has 0 atom stereocenters. The van der Waals surface area contributed by atoms with Crippen molar-refractivity contribution in [2.24, 2.45) is 0 Å². The van der Waals surface area contributed by atoms with Crippen LogP contribution >= 0.6 is 0 Å². The van der Waals surface area contributed by atoms with Crippen molar-refractivity contribution in [3.8, 4) is 89.0 Å². The summed E-state index contributed by atoms with van der Waals surface area (Å²) in [5.41, 5.74) is 22.3. The molecule has 0 spiro atoms. The maximum absolute atomic E-state index is 2.49. The van der Waals surface area contributed by atoms with E-state index in [9.17, 15) is 0 Å². The predicted octanol–water partition coefficient (Wildman–Crippen LogP) is 18.3. The summed E-state index contributed by atoms with van der Waals surface area (Å²) in [6, 6.07) is 88.7. The van der Waals surface area contributed by atoms with Crippen LogP contribution in [0.2, 0.25) is 0 Å². The Kier molecular flexibility index (Phi) is 9.31. The van der Waals surface area contributed by atoms with Crippen LogP contribution < -0.4 is 21.2 Å². The van der Waals surface area contributed by atoms with Gasteiger partial charge >= 0.3 is 250 Å². The van der Waals surface area contributed by atoms with E-state index in [2.05, 4.69) is 244 Å². The van der Waals surface area contributed by atoms with Gasteiger partial charge in [0.2, 0.25) is 0 Å². The van der Waals surface area contributed by atoms with Crippen LogP contribution in [0.5, 0.6) is 0 Å². The van der Waals surface area contributed by atoms with Crippen molar-refractivity contribution in [3.63, 3.8) is 0 Å². The van der Waals surface area contributed by atoms with Gasteiger partial charge in [-0.1, -0.05) is 121 Å². The van der Waals surface area contributed by atoms with E-state index < -0.39 is 0 Å². The zero-order valence-electron chi connectivity index (χ0n) is 42.7. The second-order valence-corrected chi connectivity index (χ2v) is 24.5. The molecule has 0 saturated heterocycles. The van der Waals surface area contributed by atoms with Gasteiger partial charge in [0.15, 0.2) is 0 Å². The van der Waals surface area contributed by atoms with Gasteiger partial charge in [0, 0.05) is 0 Å². The number of fused-ring (bicyclic) bond motifs is 15. The Labute approximate surface area is 457 Å². The Bertz CT molecular complexity index is 4850. The van der Waals surface area contributed by atoms with Gasteiger partial charge in [0.25, 0.3) is 0 Å². The quantitative estimate of drug-likeness (QED) is 0.0646. The van der Waals surface area contributed by atoms with Gasteiger partial charge in [-0.2, -0.15) is 0 Å². The molecular formula is C76H48I-. The van der Waals surface area contributed by atoms with Crippen LogP contribution in [0.4, 0.5) is 0 Å². The van der Waals surface area contributed by atoms with Crippen molar-refractivity contribution in [2.45, 2.75) is 20.3 Å². The van der Waals surface area contributed by atoms with Crippen LogP contribution in [0.3, 0.4) is 0 Å². The molecule has 0 radical (unpaired) electrons. The second kappa shape index (κ2) is 16.4. The summed E-state index contributed by atoms with van der Waals surface area (Å²) in [4.78, 5) is 0. The van der Waals surface area contributed by atoms with E-state index in [4.69, 9.17) is 0 Å². The second-order valence-electron chi connectivity index (χ2n) is 21.5. The molecule has 0 fully saturated rings. The minimum absolute atomic E-state index is 0.00232. The summed E-state index contributed by atoms with van der Waals surface area (Å²) in [5, 5.41) is 21.1. The summed E-state index contributed by atoms with van der Waals surface area (Å²) in [7, 11) is 0. The standard InChI is InChI=1S/C76H48I/c1-3-42-77-48-32-30-47(31-33-48)64-54-25-15-14-24-53(54)63(46-28-26-43(2)27-29-46)73-59-38-34-55-57-36-40-61-70-62(41-37-58(68(57)70)56-35-39-60(74(64)73)69(59)67(55)56)76-66(45-18-8-5-9-19-45)72-52-23-13-11-21-50(52)49-20-10-12-22-51(49)71(72)65(75(61)76)44-16-6-4-7-17-44/h4-41H,3,42H2,1-2H3/q-1. The number of hydrogen-bond donors (Lipinski definition) is 0. The Morgan fingerprint density at radius 3 is 0.974 bits per heavy atom. The van der Waals surface area contributed by atoms with E-state index in [0.717, 1.165) is 0 Å². The van der Waals surface area contributed by atoms with E-state index in [0.29, 0.717) is 0 Å². The average molecular weight is 1090 g/mol. The molecule has 0 saturated carbocycles. The number of benzene rings is 15. The summed E-state index contributed by atoms with van der Waals surface area (Å²) in [6.45, 7) is 4.50. The molecule has 15 aromatic carbocycles. The molecule has 0 heterocycles. The summed E-state index contributed by atoms with van der Waals surface area (Å²) < 4.78 is 2.83. The van der Waals surface area contributed by atoms with Crippen molar-refractivity contribution in [1.29, 1.82) is 0 Å². The molecule has 0 aliphatic heterocycles. The van der Waals surface area contributed by atoms with Gasteiger partial charge in [-0.25, -0.2) is 0 Å². The van der Waals surface area contributed by atoms with Gasteiger partial charge in [0.05, 0.1) is 0 Å². The number of aryl methyl sites for hydroxylation is 1. The first-order valence-electron chi connectivity index (χ1n) is 27.3. The molecule has 0 bridgehead atoms. The van der Waals surface area contributed by atoms with Crippen LogP contribution in [0.15, 0.2) is 231 Å². The monoisotopic (exact) mass is 1090 g/mol. The van der Waals surface area contributed by atoms with Gasteiger partial charge in [-0.15, -0.1) is 0 Å². The first kappa shape index (κ1) is 43.6.